The van der Waals surface area contributed by atoms with E-state index in [2.05, 4.69) is 10.2 Å². The standard InChI is InChI=1S/C25H29Cl2N7O2/c26-17-6-4-16(5-7-17)14-30-25(35)23-19-8-9-20(32-10-11-33(29)18(13-28)15-32)22(27)24(19)34(31-23)21-3-1-2-12-36-21/h4-9,13,21H,1-3,10-12,14-15,28-29H2,(H,30,35)/b18-13-. The molecular formula is C25H29Cl2N7O2. The van der Waals surface area contributed by atoms with Gasteiger partial charge in [0.2, 0.25) is 0 Å². The van der Waals surface area contributed by atoms with Crippen molar-refractivity contribution in [3.05, 3.63) is 69.6 Å². The van der Waals surface area contributed by atoms with Gasteiger partial charge in [-0.2, -0.15) is 5.10 Å². The number of hydrogen-bond donors (Lipinski definition) is 3. The normalized spacial score (nSPS) is 19.8. The van der Waals surface area contributed by atoms with E-state index in [1.165, 1.54) is 6.20 Å². The third-order valence-corrected chi connectivity index (χ3v) is 7.29. The quantitative estimate of drug-likeness (QED) is 0.431. The number of anilines is 1. The largest absolute Gasteiger partial charge is 0.403 e. The first kappa shape index (κ1) is 24.7. The van der Waals surface area contributed by atoms with E-state index in [1.807, 2.05) is 24.3 Å². The number of hydrazine groups is 1. The van der Waals surface area contributed by atoms with E-state index in [9.17, 15) is 4.79 Å². The predicted molar refractivity (Wildman–Crippen MR) is 142 cm³/mol. The van der Waals surface area contributed by atoms with Gasteiger partial charge in [-0.3, -0.25) is 4.79 Å². The SMILES string of the molecule is N/C=C1/CN(c2ccc3c(C(=O)NCc4ccc(Cl)cc4)nn(C4CCCCO4)c3c2Cl)CCN1N. The predicted octanol–water partition coefficient (Wildman–Crippen LogP) is 3.77. The van der Waals surface area contributed by atoms with Crippen molar-refractivity contribution >= 4 is 45.7 Å². The van der Waals surface area contributed by atoms with Gasteiger partial charge in [0.05, 0.1) is 35.0 Å². The minimum absolute atomic E-state index is 0.279. The van der Waals surface area contributed by atoms with Crippen LogP contribution in [-0.2, 0) is 11.3 Å². The Morgan fingerprint density at radius 1 is 1.17 bits per heavy atom. The fraction of sp³-hybridized carbons (Fsp3) is 0.360. The smallest absolute Gasteiger partial charge is 0.272 e. The van der Waals surface area contributed by atoms with Crippen molar-refractivity contribution in [3.63, 3.8) is 0 Å². The van der Waals surface area contributed by atoms with Crippen LogP contribution in [0.5, 0.6) is 0 Å². The van der Waals surface area contributed by atoms with Crippen molar-refractivity contribution in [1.29, 1.82) is 0 Å². The molecule has 36 heavy (non-hydrogen) atoms. The molecule has 0 spiro atoms. The van der Waals surface area contributed by atoms with Gasteiger partial charge in [0.1, 0.15) is 0 Å². The van der Waals surface area contributed by atoms with Crippen LogP contribution in [0.1, 0.15) is 41.5 Å². The zero-order chi connectivity index (χ0) is 25.2. The number of nitrogens with zero attached hydrogens (tertiary/aromatic N) is 4. The zero-order valence-electron chi connectivity index (χ0n) is 19.8. The highest BCUT2D eigenvalue weighted by molar-refractivity contribution is 6.38. The van der Waals surface area contributed by atoms with Crippen LogP contribution >= 0.6 is 23.2 Å². The molecule has 0 radical (unpaired) electrons. The maximum Gasteiger partial charge on any atom is 0.272 e. The summed E-state index contributed by atoms with van der Waals surface area (Å²) in [6.45, 7) is 2.82. The third kappa shape index (κ3) is 4.84. The zero-order valence-corrected chi connectivity index (χ0v) is 21.3. The van der Waals surface area contributed by atoms with E-state index in [4.69, 9.17) is 44.6 Å². The maximum absolute atomic E-state index is 13.3. The van der Waals surface area contributed by atoms with Crippen LogP contribution in [-0.4, -0.2) is 46.9 Å². The van der Waals surface area contributed by atoms with E-state index < -0.39 is 0 Å². The number of rotatable bonds is 5. The number of halogens is 2. The fourth-order valence-corrected chi connectivity index (χ4v) is 5.17. The Hall–Kier alpha value is -2.98. The van der Waals surface area contributed by atoms with E-state index in [0.717, 1.165) is 36.2 Å². The molecule has 1 amide bonds. The van der Waals surface area contributed by atoms with Crippen LogP contribution in [0.3, 0.4) is 0 Å². The van der Waals surface area contributed by atoms with E-state index >= 15 is 0 Å². The molecule has 9 nitrogen and oxygen atoms in total. The molecule has 0 saturated carbocycles. The fourth-order valence-electron chi connectivity index (χ4n) is 4.68. The summed E-state index contributed by atoms with van der Waals surface area (Å²) in [5, 5.41) is 11.2. The molecule has 5 rings (SSSR count). The molecule has 1 atom stereocenters. The van der Waals surface area contributed by atoms with Crippen molar-refractivity contribution < 1.29 is 9.53 Å². The van der Waals surface area contributed by atoms with Gasteiger partial charge < -0.3 is 25.7 Å². The van der Waals surface area contributed by atoms with E-state index in [0.29, 0.717) is 59.4 Å². The molecule has 2 aliphatic heterocycles. The highest BCUT2D eigenvalue weighted by Crippen LogP contribution is 2.38. The Balaban J connectivity index is 1.51. The summed E-state index contributed by atoms with van der Waals surface area (Å²) in [5.41, 5.74) is 9.36. The lowest BCUT2D eigenvalue weighted by molar-refractivity contribution is -0.0368. The van der Waals surface area contributed by atoms with Crippen LogP contribution in [0.15, 0.2) is 48.3 Å². The molecule has 3 aromatic rings. The second-order valence-electron chi connectivity index (χ2n) is 8.99. The van der Waals surface area contributed by atoms with Crippen LogP contribution in [0, 0.1) is 0 Å². The third-order valence-electron chi connectivity index (χ3n) is 6.66. The molecule has 0 bridgehead atoms. The molecule has 5 N–H and O–H groups in total. The Morgan fingerprint density at radius 3 is 2.69 bits per heavy atom. The summed E-state index contributed by atoms with van der Waals surface area (Å²) >= 11 is 13.0. The summed E-state index contributed by atoms with van der Waals surface area (Å²) in [6, 6.07) is 11.2. The number of aromatic nitrogens is 2. The summed E-state index contributed by atoms with van der Waals surface area (Å²) in [5.74, 6) is 5.76. The van der Waals surface area contributed by atoms with Crippen LogP contribution < -0.4 is 21.8 Å². The molecule has 0 aliphatic carbocycles. The van der Waals surface area contributed by atoms with Gasteiger partial charge in [-0.15, -0.1) is 0 Å². The highest BCUT2D eigenvalue weighted by atomic mass is 35.5. The van der Waals surface area contributed by atoms with Crippen molar-refractivity contribution in [2.24, 2.45) is 11.6 Å². The number of nitrogens with two attached hydrogens (primary N) is 2. The average molecular weight is 530 g/mol. The molecule has 1 aromatic heterocycles. The lowest BCUT2D eigenvalue weighted by Gasteiger charge is -2.37. The van der Waals surface area contributed by atoms with Crippen molar-refractivity contribution in [3.8, 4) is 0 Å². The number of piperazine rings is 1. The topological polar surface area (TPSA) is 115 Å². The van der Waals surface area contributed by atoms with Gasteiger partial charge in [-0.25, -0.2) is 10.5 Å². The Labute approximate surface area is 219 Å². The molecule has 2 aromatic carbocycles. The molecular weight excluding hydrogens is 501 g/mol. The minimum Gasteiger partial charge on any atom is -0.403 e. The number of ether oxygens (including phenoxy) is 1. The monoisotopic (exact) mass is 529 g/mol. The summed E-state index contributed by atoms with van der Waals surface area (Å²) in [4.78, 5) is 15.4. The number of fused-ring (bicyclic) bond motifs is 1. The maximum atomic E-state index is 13.3. The van der Waals surface area contributed by atoms with Crippen molar-refractivity contribution in [2.75, 3.05) is 31.1 Å². The Morgan fingerprint density at radius 2 is 1.97 bits per heavy atom. The van der Waals surface area contributed by atoms with Crippen LogP contribution in [0.4, 0.5) is 5.69 Å². The van der Waals surface area contributed by atoms with Gasteiger partial charge in [0.25, 0.3) is 5.91 Å². The molecule has 11 heteroatoms. The Kier molecular flexibility index (Phi) is 7.25. The van der Waals surface area contributed by atoms with Gasteiger partial charge in [0, 0.05) is 36.3 Å². The van der Waals surface area contributed by atoms with Crippen LogP contribution in [0.25, 0.3) is 10.9 Å². The average Bonchev–Trinajstić information content (AvgIpc) is 3.30. The number of hydrogen-bond acceptors (Lipinski definition) is 7. The van der Waals surface area contributed by atoms with Gasteiger partial charge in [-0.1, -0.05) is 35.3 Å². The molecule has 190 valence electrons. The number of nitrogens with one attached hydrogen (secondary N) is 1. The van der Waals surface area contributed by atoms with E-state index in [-0.39, 0.29) is 12.1 Å². The number of benzene rings is 2. The molecule has 1 unspecified atom stereocenters. The Bertz CT molecular complexity index is 1290. The molecule has 2 saturated heterocycles. The number of carbonyl (C=O) groups is 1. The first-order valence-corrected chi connectivity index (χ1v) is 12.7. The molecule has 2 fully saturated rings. The highest BCUT2D eigenvalue weighted by Gasteiger charge is 2.28. The lowest BCUT2D eigenvalue weighted by Crippen LogP contribution is -2.48. The lowest BCUT2D eigenvalue weighted by atomic mass is 10.1. The first-order chi connectivity index (χ1) is 17.5. The summed E-state index contributed by atoms with van der Waals surface area (Å²) in [7, 11) is 0. The summed E-state index contributed by atoms with van der Waals surface area (Å²) in [6.07, 6.45) is 4.05. The van der Waals surface area contributed by atoms with E-state index in [1.54, 1.807) is 21.8 Å². The summed E-state index contributed by atoms with van der Waals surface area (Å²) < 4.78 is 7.80. The van der Waals surface area contributed by atoms with Gasteiger partial charge in [-0.05, 0) is 49.1 Å². The van der Waals surface area contributed by atoms with Crippen molar-refractivity contribution in [2.45, 2.75) is 32.0 Å². The second-order valence-corrected chi connectivity index (χ2v) is 9.81. The second kappa shape index (κ2) is 10.6. The molecule has 2 aliphatic rings. The van der Waals surface area contributed by atoms with Crippen LogP contribution in [0.2, 0.25) is 10.0 Å². The molecule has 3 heterocycles. The number of amides is 1. The first-order valence-electron chi connectivity index (χ1n) is 12.0. The van der Waals surface area contributed by atoms with Gasteiger partial charge in [0.15, 0.2) is 11.9 Å². The minimum atomic E-state index is -0.285. The number of carbonyl (C=O) groups excluding carboxylic acids is 1. The van der Waals surface area contributed by atoms with Gasteiger partial charge >= 0.3 is 0 Å². The van der Waals surface area contributed by atoms with Crippen molar-refractivity contribution in [1.82, 2.24) is 20.1 Å².